The monoisotopic (exact) mass is 230 g/mol. The van der Waals surface area contributed by atoms with E-state index in [-0.39, 0.29) is 24.2 Å². The maximum atomic E-state index is 11.3. The standard InChI is InChI=1S/C11H22N2O3/c1-11(2,8-13(3)4)7-12-9(14)5-6-10(15)16/h5-8H2,1-4H3,(H,12,14)(H,15,16). The van der Waals surface area contributed by atoms with E-state index < -0.39 is 5.97 Å². The molecular formula is C11H22N2O3. The zero-order chi connectivity index (χ0) is 12.8. The van der Waals surface area contributed by atoms with E-state index in [1.54, 1.807) is 0 Å². The van der Waals surface area contributed by atoms with Gasteiger partial charge in [0.05, 0.1) is 6.42 Å². The van der Waals surface area contributed by atoms with E-state index in [9.17, 15) is 9.59 Å². The molecule has 0 atom stereocenters. The number of rotatable bonds is 7. The fraction of sp³-hybridized carbons (Fsp3) is 0.818. The van der Waals surface area contributed by atoms with Crippen molar-refractivity contribution in [3.8, 4) is 0 Å². The zero-order valence-corrected chi connectivity index (χ0v) is 10.5. The topological polar surface area (TPSA) is 69.6 Å². The lowest BCUT2D eigenvalue weighted by atomic mass is 9.93. The van der Waals surface area contributed by atoms with Gasteiger partial charge in [0.15, 0.2) is 0 Å². The number of amides is 1. The minimum atomic E-state index is -0.942. The van der Waals surface area contributed by atoms with Crippen molar-refractivity contribution in [1.82, 2.24) is 10.2 Å². The van der Waals surface area contributed by atoms with Crippen molar-refractivity contribution < 1.29 is 14.7 Å². The number of hydrogen-bond donors (Lipinski definition) is 2. The highest BCUT2D eigenvalue weighted by Gasteiger charge is 2.19. The average Bonchev–Trinajstić information content (AvgIpc) is 2.09. The molecule has 16 heavy (non-hydrogen) atoms. The number of carbonyl (C=O) groups is 2. The summed E-state index contributed by atoms with van der Waals surface area (Å²) in [5.74, 6) is -1.14. The summed E-state index contributed by atoms with van der Waals surface area (Å²) in [5.41, 5.74) is -0.0115. The fourth-order valence-corrected chi connectivity index (χ4v) is 1.56. The first-order valence-electron chi connectivity index (χ1n) is 5.36. The van der Waals surface area contributed by atoms with E-state index >= 15 is 0 Å². The van der Waals surface area contributed by atoms with Crippen LogP contribution in [-0.2, 0) is 9.59 Å². The van der Waals surface area contributed by atoms with Crippen LogP contribution < -0.4 is 5.32 Å². The van der Waals surface area contributed by atoms with Crippen LogP contribution in [0.3, 0.4) is 0 Å². The molecule has 0 aromatic carbocycles. The molecular weight excluding hydrogens is 208 g/mol. The number of carbonyl (C=O) groups excluding carboxylic acids is 1. The molecule has 0 saturated carbocycles. The Hall–Kier alpha value is -1.10. The lowest BCUT2D eigenvalue weighted by Gasteiger charge is -2.28. The molecule has 94 valence electrons. The van der Waals surface area contributed by atoms with Gasteiger partial charge in [-0.15, -0.1) is 0 Å². The van der Waals surface area contributed by atoms with Crippen molar-refractivity contribution in [1.29, 1.82) is 0 Å². The summed E-state index contributed by atoms with van der Waals surface area (Å²) in [6, 6.07) is 0. The van der Waals surface area contributed by atoms with Gasteiger partial charge in [-0.05, 0) is 19.5 Å². The van der Waals surface area contributed by atoms with Crippen LogP contribution in [0.15, 0.2) is 0 Å². The molecule has 2 N–H and O–H groups in total. The summed E-state index contributed by atoms with van der Waals surface area (Å²) in [6.45, 7) is 5.55. The lowest BCUT2D eigenvalue weighted by Crippen LogP contribution is -2.40. The van der Waals surface area contributed by atoms with Crippen LogP contribution in [0.4, 0.5) is 0 Å². The maximum absolute atomic E-state index is 11.3. The summed E-state index contributed by atoms with van der Waals surface area (Å²) < 4.78 is 0. The van der Waals surface area contributed by atoms with E-state index in [0.717, 1.165) is 6.54 Å². The predicted octanol–water partition coefficient (Wildman–Crippen LogP) is 0.555. The van der Waals surface area contributed by atoms with Crippen molar-refractivity contribution in [2.75, 3.05) is 27.2 Å². The van der Waals surface area contributed by atoms with Gasteiger partial charge >= 0.3 is 5.97 Å². The van der Waals surface area contributed by atoms with E-state index in [1.165, 1.54) is 0 Å². The predicted molar refractivity (Wildman–Crippen MR) is 62.2 cm³/mol. The maximum Gasteiger partial charge on any atom is 0.303 e. The first-order valence-corrected chi connectivity index (χ1v) is 5.36. The molecule has 5 nitrogen and oxygen atoms in total. The number of carboxylic acids is 1. The summed E-state index contributed by atoms with van der Waals surface area (Å²) >= 11 is 0. The van der Waals surface area contributed by atoms with Crippen molar-refractivity contribution in [2.24, 2.45) is 5.41 Å². The van der Waals surface area contributed by atoms with Crippen molar-refractivity contribution in [2.45, 2.75) is 26.7 Å². The molecule has 0 bridgehead atoms. The second-order valence-corrected chi connectivity index (χ2v) is 5.07. The number of nitrogens with one attached hydrogen (secondary N) is 1. The zero-order valence-electron chi connectivity index (χ0n) is 10.5. The van der Waals surface area contributed by atoms with Crippen LogP contribution in [0.5, 0.6) is 0 Å². The molecule has 0 aromatic heterocycles. The number of aliphatic carboxylic acids is 1. The largest absolute Gasteiger partial charge is 0.481 e. The Morgan fingerprint density at radius 3 is 2.25 bits per heavy atom. The van der Waals surface area contributed by atoms with Gasteiger partial charge in [-0.1, -0.05) is 13.8 Å². The van der Waals surface area contributed by atoms with E-state index in [1.807, 2.05) is 14.1 Å². The van der Waals surface area contributed by atoms with Crippen LogP contribution in [0, 0.1) is 5.41 Å². The summed E-state index contributed by atoms with van der Waals surface area (Å²) in [6.07, 6.45) is -0.0622. The normalized spacial score (nSPS) is 11.6. The lowest BCUT2D eigenvalue weighted by molar-refractivity contribution is -0.138. The SMILES string of the molecule is CN(C)CC(C)(C)CNC(=O)CCC(=O)O. The number of hydrogen-bond acceptors (Lipinski definition) is 3. The molecule has 0 spiro atoms. The Kier molecular flexibility index (Phi) is 6.03. The van der Waals surface area contributed by atoms with E-state index in [2.05, 4.69) is 24.1 Å². The molecule has 0 unspecified atom stereocenters. The highest BCUT2D eigenvalue weighted by molar-refractivity contribution is 5.80. The van der Waals surface area contributed by atoms with Crippen LogP contribution in [0.2, 0.25) is 0 Å². The molecule has 0 rings (SSSR count). The third kappa shape index (κ3) is 8.23. The van der Waals surface area contributed by atoms with Crippen LogP contribution in [0.25, 0.3) is 0 Å². The van der Waals surface area contributed by atoms with Crippen LogP contribution >= 0.6 is 0 Å². The average molecular weight is 230 g/mol. The highest BCUT2D eigenvalue weighted by Crippen LogP contribution is 2.14. The quantitative estimate of drug-likeness (QED) is 0.670. The molecule has 0 aliphatic heterocycles. The summed E-state index contributed by atoms with van der Waals surface area (Å²) in [4.78, 5) is 23.6. The Bertz CT molecular complexity index is 250. The van der Waals surface area contributed by atoms with Crippen LogP contribution in [-0.4, -0.2) is 49.1 Å². The van der Waals surface area contributed by atoms with Gasteiger partial charge in [-0.25, -0.2) is 0 Å². The molecule has 0 radical (unpaired) electrons. The van der Waals surface area contributed by atoms with Crippen molar-refractivity contribution in [3.63, 3.8) is 0 Å². The minimum Gasteiger partial charge on any atom is -0.481 e. The van der Waals surface area contributed by atoms with Gasteiger partial charge in [0.2, 0.25) is 5.91 Å². The van der Waals surface area contributed by atoms with Gasteiger partial charge < -0.3 is 15.3 Å². The number of nitrogens with zero attached hydrogens (tertiary/aromatic N) is 1. The van der Waals surface area contributed by atoms with E-state index in [0.29, 0.717) is 6.54 Å². The first kappa shape index (κ1) is 14.9. The molecule has 0 heterocycles. The Balaban J connectivity index is 3.85. The smallest absolute Gasteiger partial charge is 0.303 e. The Labute approximate surface area is 96.8 Å². The molecule has 0 aromatic rings. The molecule has 0 aliphatic carbocycles. The van der Waals surface area contributed by atoms with Gasteiger partial charge in [-0.3, -0.25) is 9.59 Å². The van der Waals surface area contributed by atoms with Gasteiger partial charge in [0.1, 0.15) is 0 Å². The highest BCUT2D eigenvalue weighted by atomic mass is 16.4. The molecule has 1 amide bonds. The van der Waals surface area contributed by atoms with E-state index in [4.69, 9.17) is 5.11 Å². The van der Waals surface area contributed by atoms with Crippen molar-refractivity contribution >= 4 is 11.9 Å². The second kappa shape index (κ2) is 6.48. The van der Waals surface area contributed by atoms with Gasteiger partial charge in [-0.2, -0.15) is 0 Å². The third-order valence-corrected chi connectivity index (χ3v) is 2.07. The summed E-state index contributed by atoms with van der Waals surface area (Å²) in [7, 11) is 3.96. The third-order valence-electron chi connectivity index (χ3n) is 2.07. The molecule has 0 fully saturated rings. The number of carboxylic acid groups (broad SMARTS) is 1. The van der Waals surface area contributed by atoms with Crippen molar-refractivity contribution in [3.05, 3.63) is 0 Å². The Morgan fingerprint density at radius 2 is 1.81 bits per heavy atom. The van der Waals surface area contributed by atoms with Gasteiger partial charge in [0, 0.05) is 19.5 Å². The fourth-order valence-electron chi connectivity index (χ4n) is 1.56. The molecule has 5 heteroatoms. The second-order valence-electron chi connectivity index (χ2n) is 5.07. The van der Waals surface area contributed by atoms with Gasteiger partial charge in [0.25, 0.3) is 0 Å². The molecule has 0 aliphatic rings. The molecule has 0 saturated heterocycles. The Morgan fingerprint density at radius 1 is 1.25 bits per heavy atom. The summed E-state index contributed by atoms with van der Waals surface area (Å²) in [5, 5.41) is 11.2. The minimum absolute atomic E-state index is 0.0115. The first-order chi connectivity index (χ1) is 7.23. The van der Waals surface area contributed by atoms with Crippen LogP contribution in [0.1, 0.15) is 26.7 Å².